The molecular weight excluding hydrogens is 342 g/mol. The average Bonchev–Trinajstić information content (AvgIpc) is 2.78. The summed E-state index contributed by atoms with van der Waals surface area (Å²) in [6.45, 7) is 6.07. The second-order valence-corrected chi connectivity index (χ2v) is 7.50. The maximum Gasteiger partial charge on any atom is 0.179 e. The summed E-state index contributed by atoms with van der Waals surface area (Å²) < 4.78 is 2.11. The maximum atomic E-state index is 4.17. The highest BCUT2D eigenvalue weighted by Gasteiger charge is 2.08. The van der Waals surface area contributed by atoms with Crippen molar-refractivity contribution in [2.24, 2.45) is 0 Å². The molecule has 0 unspecified atom stereocenters. The monoisotopic (exact) mass is 357 g/mol. The van der Waals surface area contributed by atoms with Crippen molar-refractivity contribution in [3.63, 3.8) is 0 Å². The number of nitrogens with zero attached hydrogens (tertiary/aromatic N) is 2. The van der Waals surface area contributed by atoms with E-state index in [1.165, 1.54) is 10.5 Å². The van der Waals surface area contributed by atoms with Gasteiger partial charge in [0.2, 0.25) is 0 Å². The third kappa shape index (κ3) is 4.56. The molecule has 1 N–H and O–H groups in total. The van der Waals surface area contributed by atoms with Gasteiger partial charge in [0, 0.05) is 15.9 Å². The molecule has 0 spiro atoms. The van der Waals surface area contributed by atoms with Gasteiger partial charge in [0.1, 0.15) is 5.01 Å². The van der Waals surface area contributed by atoms with Crippen molar-refractivity contribution in [3.8, 4) is 0 Å². The van der Waals surface area contributed by atoms with Crippen molar-refractivity contribution in [2.75, 3.05) is 6.54 Å². The standard InChI is InChI=1S/C13H16BrN3S2/c1-3-6-15-8-10-7-11(14)4-5-12(10)19-13-17-16-9(2)18-13/h4-5,7,15H,3,6,8H2,1-2H3. The molecule has 0 aliphatic heterocycles. The number of hydrogen-bond donors (Lipinski definition) is 1. The van der Waals surface area contributed by atoms with Crippen molar-refractivity contribution in [2.45, 2.75) is 36.0 Å². The van der Waals surface area contributed by atoms with Crippen LogP contribution in [0.2, 0.25) is 0 Å². The molecule has 102 valence electrons. The summed E-state index contributed by atoms with van der Waals surface area (Å²) in [5.74, 6) is 0. The van der Waals surface area contributed by atoms with Gasteiger partial charge >= 0.3 is 0 Å². The van der Waals surface area contributed by atoms with E-state index < -0.39 is 0 Å². The van der Waals surface area contributed by atoms with E-state index in [4.69, 9.17) is 0 Å². The van der Waals surface area contributed by atoms with E-state index in [0.717, 1.165) is 33.3 Å². The zero-order chi connectivity index (χ0) is 13.7. The molecule has 1 heterocycles. The molecular formula is C13H16BrN3S2. The Hall–Kier alpha value is -0.430. The maximum absolute atomic E-state index is 4.17. The highest BCUT2D eigenvalue weighted by Crippen LogP contribution is 2.33. The molecule has 19 heavy (non-hydrogen) atoms. The van der Waals surface area contributed by atoms with Gasteiger partial charge in [-0.1, -0.05) is 46.0 Å². The van der Waals surface area contributed by atoms with Crippen LogP contribution >= 0.6 is 39.0 Å². The van der Waals surface area contributed by atoms with Crippen LogP contribution < -0.4 is 5.32 Å². The summed E-state index contributed by atoms with van der Waals surface area (Å²) >= 11 is 6.85. The smallest absolute Gasteiger partial charge is 0.179 e. The predicted octanol–water partition coefficient (Wildman–Crippen LogP) is 4.26. The van der Waals surface area contributed by atoms with Crippen molar-refractivity contribution in [3.05, 3.63) is 33.2 Å². The van der Waals surface area contributed by atoms with Crippen LogP contribution in [0.5, 0.6) is 0 Å². The molecule has 2 rings (SSSR count). The Kier molecular flexibility index (Phi) is 5.81. The molecule has 0 amide bonds. The molecule has 0 aliphatic rings. The Bertz CT molecular complexity index is 542. The third-order valence-electron chi connectivity index (χ3n) is 2.47. The van der Waals surface area contributed by atoms with Crippen molar-refractivity contribution < 1.29 is 0 Å². The number of nitrogens with one attached hydrogen (secondary N) is 1. The minimum atomic E-state index is 0.882. The molecule has 0 saturated heterocycles. The van der Waals surface area contributed by atoms with Gasteiger partial charge in [-0.05, 0) is 43.7 Å². The van der Waals surface area contributed by atoms with Gasteiger partial charge in [0.15, 0.2) is 4.34 Å². The van der Waals surface area contributed by atoms with Gasteiger partial charge in [-0.2, -0.15) is 0 Å². The minimum Gasteiger partial charge on any atom is -0.313 e. The Balaban J connectivity index is 2.14. The van der Waals surface area contributed by atoms with E-state index in [0.29, 0.717) is 0 Å². The lowest BCUT2D eigenvalue weighted by Gasteiger charge is -2.09. The Morgan fingerprint density at radius 3 is 2.89 bits per heavy atom. The third-order valence-corrected chi connectivity index (χ3v) is 4.97. The van der Waals surface area contributed by atoms with E-state index in [2.05, 4.69) is 56.6 Å². The lowest BCUT2D eigenvalue weighted by atomic mass is 10.2. The molecule has 1 aromatic heterocycles. The summed E-state index contributed by atoms with van der Waals surface area (Å²) in [5, 5.41) is 12.7. The quantitative estimate of drug-likeness (QED) is 0.783. The van der Waals surface area contributed by atoms with Crippen LogP contribution in [0.1, 0.15) is 23.9 Å². The first-order chi connectivity index (χ1) is 9.19. The van der Waals surface area contributed by atoms with Gasteiger partial charge < -0.3 is 5.32 Å². The van der Waals surface area contributed by atoms with Crippen LogP contribution in [-0.4, -0.2) is 16.7 Å². The van der Waals surface area contributed by atoms with Gasteiger partial charge in [0.05, 0.1) is 0 Å². The molecule has 3 nitrogen and oxygen atoms in total. The number of aryl methyl sites for hydroxylation is 1. The Morgan fingerprint density at radius 1 is 1.37 bits per heavy atom. The van der Waals surface area contributed by atoms with Crippen LogP contribution in [0.3, 0.4) is 0 Å². The molecule has 0 saturated carbocycles. The molecule has 0 radical (unpaired) electrons. The van der Waals surface area contributed by atoms with E-state index in [-0.39, 0.29) is 0 Å². The van der Waals surface area contributed by atoms with Gasteiger partial charge in [-0.3, -0.25) is 0 Å². The van der Waals surface area contributed by atoms with Crippen LogP contribution in [0.25, 0.3) is 0 Å². The van der Waals surface area contributed by atoms with Crippen LogP contribution in [0, 0.1) is 6.92 Å². The predicted molar refractivity (Wildman–Crippen MR) is 84.9 cm³/mol. The fourth-order valence-electron chi connectivity index (χ4n) is 1.60. The highest BCUT2D eigenvalue weighted by atomic mass is 79.9. The fraction of sp³-hybridized carbons (Fsp3) is 0.385. The molecule has 0 fully saturated rings. The second kappa shape index (κ2) is 7.38. The van der Waals surface area contributed by atoms with Crippen molar-refractivity contribution in [1.82, 2.24) is 15.5 Å². The summed E-state index contributed by atoms with van der Waals surface area (Å²) in [4.78, 5) is 1.24. The summed E-state index contributed by atoms with van der Waals surface area (Å²) in [7, 11) is 0. The number of hydrogen-bond acceptors (Lipinski definition) is 5. The first kappa shape index (κ1) is 15.0. The first-order valence-corrected chi connectivity index (χ1v) is 8.58. The van der Waals surface area contributed by atoms with Crippen LogP contribution in [-0.2, 0) is 6.54 Å². The molecule has 6 heteroatoms. The van der Waals surface area contributed by atoms with E-state index in [9.17, 15) is 0 Å². The molecule has 2 aromatic rings. The molecule has 0 atom stereocenters. The molecule has 0 bridgehead atoms. The fourth-order valence-corrected chi connectivity index (χ4v) is 3.89. The average molecular weight is 358 g/mol. The van der Waals surface area contributed by atoms with Crippen LogP contribution in [0.15, 0.2) is 31.9 Å². The number of rotatable bonds is 6. The van der Waals surface area contributed by atoms with Gasteiger partial charge in [0.25, 0.3) is 0 Å². The van der Waals surface area contributed by atoms with E-state index in [1.54, 1.807) is 23.1 Å². The lowest BCUT2D eigenvalue weighted by Crippen LogP contribution is -2.14. The van der Waals surface area contributed by atoms with E-state index in [1.807, 2.05) is 6.92 Å². The SMILES string of the molecule is CCCNCc1cc(Br)ccc1Sc1nnc(C)s1. The Morgan fingerprint density at radius 2 is 2.21 bits per heavy atom. The van der Waals surface area contributed by atoms with E-state index >= 15 is 0 Å². The van der Waals surface area contributed by atoms with Gasteiger partial charge in [-0.15, -0.1) is 10.2 Å². The first-order valence-electron chi connectivity index (χ1n) is 6.16. The number of aromatic nitrogens is 2. The molecule has 0 aliphatic carbocycles. The van der Waals surface area contributed by atoms with Crippen LogP contribution in [0.4, 0.5) is 0 Å². The van der Waals surface area contributed by atoms with Crippen molar-refractivity contribution in [1.29, 1.82) is 0 Å². The summed E-state index contributed by atoms with van der Waals surface area (Å²) in [6, 6.07) is 6.37. The minimum absolute atomic E-state index is 0.882. The zero-order valence-electron chi connectivity index (χ0n) is 10.9. The number of halogens is 1. The topological polar surface area (TPSA) is 37.8 Å². The summed E-state index contributed by atoms with van der Waals surface area (Å²) in [5.41, 5.74) is 1.29. The Labute approximate surface area is 130 Å². The number of benzene rings is 1. The van der Waals surface area contributed by atoms with Gasteiger partial charge in [-0.25, -0.2) is 0 Å². The normalized spacial score (nSPS) is 10.9. The summed E-state index contributed by atoms with van der Waals surface area (Å²) in [6.07, 6.45) is 1.14. The second-order valence-electron chi connectivity index (χ2n) is 4.12. The largest absolute Gasteiger partial charge is 0.313 e. The zero-order valence-corrected chi connectivity index (χ0v) is 14.2. The highest BCUT2D eigenvalue weighted by molar-refractivity contribution is 9.10. The lowest BCUT2D eigenvalue weighted by molar-refractivity contribution is 0.669. The van der Waals surface area contributed by atoms with Crippen molar-refractivity contribution >= 4 is 39.0 Å². The molecule has 1 aromatic carbocycles.